The fraction of sp³-hybridized carbons (Fsp3) is 0.167. The molecule has 0 bridgehead atoms. The van der Waals surface area contributed by atoms with Crippen molar-refractivity contribution in [1.29, 1.82) is 0 Å². The zero-order valence-electron chi connectivity index (χ0n) is 13.2. The molecule has 23 heavy (non-hydrogen) atoms. The number of hydrogen-bond acceptors (Lipinski definition) is 3. The highest BCUT2D eigenvalue weighted by Crippen LogP contribution is 2.24. The number of aromatic amines is 1. The number of nitrogens with one attached hydrogen (secondary N) is 2. The average Bonchev–Trinajstić information content (AvgIpc) is 2.50. The second-order valence-corrected chi connectivity index (χ2v) is 5.61. The van der Waals surface area contributed by atoms with Crippen LogP contribution in [0.1, 0.15) is 27.2 Å². The van der Waals surface area contributed by atoms with E-state index in [1.807, 2.05) is 32.9 Å². The van der Waals surface area contributed by atoms with Gasteiger partial charge in [0.2, 0.25) is 5.56 Å². The summed E-state index contributed by atoms with van der Waals surface area (Å²) in [7, 11) is 0. The molecular formula is C18H17N3O2. The van der Waals surface area contributed by atoms with Crippen LogP contribution in [-0.2, 0) is 0 Å². The number of pyridine rings is 2. The number of nitrogens with zero attached hydrogens (tertiary/aromatic N) is 1. The smallest absolute Gasteiger partial charge is 0.256 e. The number of hydrogen-bond donors (Lipinski definition) is 2. The number of H-pyrrole nitrogens is 1. The van der Waals surface area contributed by atoms with Crippen molar-refractivity contribution in [2.75, 3.05) is 5.32 Å². The summed E-state index contributed by atoms with van der Waals surface area (Å²) in [5.41, 5.74) is 4.57. The third-order valence-corrected chi connectivity index (χ3v) is 3.91. The Hall–Kier alpha value is -2.95. The van der Waals surface area contributed by atoms with Gasteiger partial charge in [0.05, 0.1) is 11.1 Å². The molecule has 2 N–H and O–H groups in total. The number of amides is 1. The normalized spacial score (nSPS) is 10.7. The van der Waals surface area contributed by atoms with Crippen LogP contribution < -0.4 is 10.9 Å². The lowest BCUT2D eigenvalue weighted by atomic mass is 10.0. The number of aromatic nitrogens is 2. The van der Waals surface area contributed by atoms with Gasteiger partial charge in [0.15, 0.2) is 0 Å². The van der Waals surface area contributed by atoms with Crippen LogP contribution in [0.5, 0.6) is 0 Å². The van der Waals surface area contributed by atoms with E-state index in [9.17, 15) is 9.59 Å². The molecule has 0 saturated carbocycles. The molecule has 0 aliphatic rings. The Labute approximate surface area is 133 Å². The lowest BCUT2D eigenvalue weighted by Crippen LogP contribution is -2.15. The molecular weight excluding hydrogens is 290 g/mol. The predicted molar refractivity (Wildman–Crippen MR) is 91.0 cm³/mol. The lowest BCUT2D eigenvalue weighted by molar-refractivity contribution is 0.102. The van der Waals surface area contributed by atoms with E-state index >= 15 is 0 Å². The van der Waals surface area contributed by atoms with Crippen molar-refractivity contribution < 1.29 is 4.79 Å². The summed E-state index contributed by atoms with van der Waals surface area (Å²) in [5, 5.41) is 3.57. The summed E-state index contributed by atoms with van der Waals surface area (Å²) in [6.07, 6.45) is 1.50. The molecule has 0 saturated heterocycles. The van der Waals surface area contributed by atoms with Gasteiger partial charge in [-0.1, -0.05) is 12.1 Å². The van der Waals surface area contributed by atoms with Crippen LogP contribution >= 0.6 is 0 Å². The summed E-state index contributed by atoms with van der Waals surface area (Å²) in [5.74, 6) is -0.255. The topological polar surface area (TPSA) is 74.8 Å². The fourth-order valence-electron chi connectivity index (χ4n) is 2.57. The zero-order chi connectivity index (χ0) is 16.6. The van der Waals surface area contributed by atoms with Gasteiger partial charge in [0.1, 0.15) is 0 Å². The van der Waals surface area contributed by atoms with Crippen molar-refractivity contribution in [3.63, 3.8) is 0 Å². The standard InChI is InChI=1S/C18H17N3O2/c1-10-4-5-14-15(8-11(2)20-17(14)12(10)3)18(23)21-13-6-7-19-16(22)9-13/h4-9H,1-3H3,(H2,19,21,22,23). The monoisotopic (exact) mass is 307 g/mol. The molecule has 2 aromatic heterocycles. The highest BCUT2D eigenvalue weighted by atomic mass is 16.1. The zero-order valence-corrected chi connectivity index (χ0v) is 13.2. The largest absolute Gasteiger partial charge is 0.329 e. The molecule has 0 radical (unpaired) electrons. The van der Waals surface area contributed by atoms with Gasteiger partial charge in [-0.05, 0) is 44.0 Å². The van der Waals surface area contributed by atoms with Gasteiger partial charge in [0.25, 0.3) is 5.91 Å². The van der Waals surface area contributed by atoms with E-state index in [0.717, 1.165) is 27.7 Å². The molecule has 0 aliphatic heterocycles. The number of rotatable bonds is 2. The molecule has 3 aromatic rings. The summed E-state index contributed by atoms with van der Waals surface area (Å²) in [6.45, 7) is 5.89. The summed E-state index contributed by atoms with van der Waals surface area (Å²) >= 11 is 0. The third kappa shape index (κ3) is 2.85. The highest BCUT2D eigenvalue weighted by molar-refractivity contribution is 6.12. The quantitative estimate of drug-likeness (QED) is 0.764. The van der Waals surface area contributed by atoms with Crippen LogP contribution in [0.15, 0.2) is 41.3 Å². The Balaban J connectivity index is 2.10. The number of benzene rings is 1. The molecule has 2 heterocycles. The molecule has 1 aromatic carbocycles. The molecule has 0 fully saturated rings. The van der Waals surface area contributed by atoms with Crippen molar-refractivity contribution in [1.82, 2.24) is 9.97 Å². The van der Waals surface area contributed by atoms with E-state index in [1.54, 1.807) is 12.1 Å². The second kappa shape index (κ2) is 5.68. The number of aryl methyl sites for hydroxylation is 3. The first-order valence-corrected chi connectivity index (χ1v) is 7.33. The molecule has 5 heteroatoms. The van der Waals surface area contributed by atoms with Crippen molar-refractivity contribution >= 4 is 22.5 Å². The van der Waals surface area contributed by atoms with Crippen LogP contribution in [0.25, 0.3) is 10.9 Å². The van der Waals surface area contributed by atoms with Crippen LogP contribution in [0.2, 0.25) is 0 Å². The molecule has 1 amide bonds. The van der Waals surface area contributed by atoms with Gasteiger partial charge in [-0.15, -0.1) is 0 Å². The minimum Gasteiger partial charge on any atom is -0.329 e. The van der Waals surface area contributed by atoms with Crippen LogP contribution in [-0.4, -0.2) is 15.9 Å². The van der Waals surface area contributed by atoms with E-state index in [1.165, 1.54) is 12.3 Å². The minimum absolute atomic E-state index is 0.255. The number of carbonyl (C=O) groups excluding carboxylic acids is 1. The predicted octanol–water partition coefficient (Wildman–Crippen LogP) is 3.10. The Bertz CT molecular complexity index is 974. The lowest BCUT2D eigenvalue weighted by Gasteiger charge is -2.11. The summed E-state index contributed by atoms with van der Waals surface area (Å²) in [6, 6.07) is 8.66. The van der Waals surface area contributed by atoms with Gasteiger partial charge in [-0.2, -0.15) is 0 Å². The van der Waals surface area contributed by atoms with Crippen molar-refractivity contribution in [3.05, 3.63) is 69.3 Å². The van der Waals surface area contributed by atoms with Gasteiger partial charge in [-0.25, -0.2) is 0 Å². The Morgan fingerprint density at radius 3 is 2.65 bits per heavy atom. The molecule has 116 valence electrons. The SMILES string of the molecule is Cc1cc(C(=O)Nc2cc[nH]c(=O)c2)c2ccc(C)c(C)c2n1. The number of anilines is 1. The van der Waals surface area contributed by atoms with E-state index < -0.39 is 0 Å². The Morgan fingerprint density at radius 2 is 1.91 bits per heavy atom. The highest BCUT2D eigenvalue weighted by Gasteiger charge is 2.14. The van der Waals surface area contributed by atoms with Crippen LogP contribution in [0, 0.1) is 20.8 Å². The van der Waals surface area contributed by atoms with Crippen molar-refractivity contribution in [3.8, 4) is 0 Å². The van der Waals surface area contributed by atoms with Crippen LogP contribution in [0.4, 0.5) is 5.69 Å². The number of fused-ring (bicyclic) bond motifs is 1. The number of carbonyl (C=O) groups is 1. The maximum atomic E-state index is 12.6. The minimum atomic E-state index is -0.259. The first-order chi connectivity index (χ1) is 11.0. The first-order valence-electron chi connectivity index (χ1n) is 7.33. The molecule has 5 nitrogen and oxygen atoms in total. The molecule has 0 atom stereocenters. The van der Waals surface area contributed by atoms with Gasteiger partial charge >= 0.3 is 0 Å². The van der Waals surface area contributed by atoms with E-state index in [-0.39, 0.29) is 11.5 Å². The maximum Gasteiger partial charge on any atom is 0.256 e. The van der Waals surface area contributed by atoms with E-state index in [4.69, 9.17) is 0 Å². The molecule has 0 aliphatic carbocycles. The van der Waals surface area contributed by atoms with Gasteiger partial charge < -0.3 is 10.3 Å². The van der Waals surface area contributed by atoms with E-state index in [2.05, 4.69) is 15.3 Å². The summed E-state index contributed by atoms with van der Waals surface area (Å²) in [4.78, 5) is 31.1. The molecule has 3 rings (SSSR count). The third-order valence-electron chi connectivity index (χ3n) is 3.91. The Morgan fingerprint density at radius 1 is 1.13 bits per heavy atom. The second-order valence-electron chi connectivity index (χ2n) is 5.61. The first kappa shape index (κ1) is 15.0. The van der Waals surface area contributed by atoms with Gasteiger partial charge in [-0.3, -0.25) is 14.6 Å². The fourth-order valence-corrected chi connectivity index (χ4v) is 2.57. The Kier molecular flexibility index (Phi) is 3.70. The molecule has 0 unspecified atom stereocenters. The van der Waals surface area contributed by atoms with Crippen LogP contribution in [0.3, 0.4) is 0 Å². The summed E-state index contributed by atoms with van der Waals surface area (Å²) < 4.78 is 0. The molecule has 0 spiro atoms. The van der Waals surface area contributed by atoms with Crippen molar-refractivity contribution in [2.24, 2.45) is 0 Å². The van der Waals surface area contributed by atoms with E-state index in [0.29, 0.717) is 11.3 Å². The van der Waals surface area contributed by atoms with Crippen molar-refractivity contribution in [2.45, 2.75) is 20.8 Å². The maximum absolute atomic E-state index is 12.6. The average molecular weight is 307 g/mol. The van der Waals surface area contributed by atoms with Gasteiger partial charge in [0, 0.05) is 29.0 Å².